The molecule has 0 spiro atoms. The molecule has 0 radical (unpaired) electrons. The number of amides is 1. The van der Waals surface area contributed by atoms with Crippen LogP contribution in [0.15, 0.2) is 59.8 Å². The lowest BCUT2D eigenvalue weighted by Crippen LogP contribution is -2.30. The third-order valence-electron chi connectivity index (χ3n) is 5.60. The van der Waals surface area contributed by atoms with Crippen molar-refractivity contribution in [2.75, 3.05) is 24.5 Å². The van der Waals surface area contributed by atoms with Gasteiger partial charge in [0.05, 0.1) is 18.4 Å². The maximum Gasteiger partial charge on any atom is 0.252 e. The van der Waals surface area contributed by atoms with Crippen molar-refractivity contribution >= 4 is 11.6 Å². The summed E-state index contributed by atoms with van der Waals surface area (Å²) in [6.45, 7) is 4.59. The first-order valence-corrected chi connectivity index (χ1v) is 10.3. The summed E-state index contributed by atoms with van der Waals surface area (Å²) in [6, 6.07) is 11.9. The quantitative estimate of drug-likeness (QED) is 0.683. The molecule has 3 aromatic rings. The molecule has 4 rings (SSSR count). The molecular weight excluding hydrogens is 378 g/mol. The summed E-state index contributed by atoms with van der Waals surface area (Å²) in [5.41, 5.74) is 4.07. The Morgan fingerprint density at radius 1 is 1.23 bits per heavy atom. The molecule has 0 aliphatic carbocycles. The summed E-state index contributed by atoms with van der Waals surface area (Å²) in [4.78, 5) is 25.9. The summed E-state index contributed by atoms with van der Waals surface area (Å²) >= 11 is 0. The molecule has 156 valence electrons. The monoisotopic (exact) mass is 405 g/mol. The van der Waals surface area contributed by atoms with E-state index in [1.807, 2.05) is 41.5 Å². The zero-order valence-corrected chi connectivity index (χ0v) is 17.4. The maximum absolute atomic E-state index is 12.4. The number of anilines is 1. The van der Waals surface area contributed by atoms with Crippen molar-refractivity contribution in [1.29, 1.82) is 0 Å². The lowest BCUT2D eigenvalue weighted by Gasteiger charge is -2.22. The van der Waals surface area contributed by atoms with Crippen LogP contribution in [0, 0.1) is 5.92 Å². The van der Waals surface area contributed by atoms with Crippen molar-refractivity contribution < 1.29 is 4.79 Å². The fraction of sp³-hybridized carbons (Fsp3) is 0.348. The number of carbonyl (C=O) groups excluding carboxylic acids is 1. The highest BCUT2D eigenvalue weighted by Crippen LogP contribution is 2.32. The van der Waals surface area contributed by atoms with Crippen molar-refractivity contribution in [2.24, 2.45) is 13.0 Å². The number of carbonyl (C=O) groups is 1. The number of hydrogen-bond donors (Lipinski definition) is 1. The third-order valence-corrected chi connectivity index (χ3v) is 5.60. The zero-order chi connectivity index (χ0) is 21.1. The van der Waals surface area contributed by atoms with Crippen LogP contribution in [0.25, 0.3) is 11.1 Å². The van der Waals surface area contributed by atoms with Crippen LogP contribution in [0.2, 0.25) is 0 Å². The van der Waals surface area contributed by atoms with Gasteiger partial charge in [-0.15, -0.1) is 0 Å². The molecule has 1 aliphatic heterocycles. The number of rotatable bonds is 6. The Hall–Kier alpha value is -3.35. The molecular formula is C23H27N5O2. The zero-order valence-electron chi connectivity index (χ0n) is 17.4. The van der Waals surface area contributed by atoms with Gasteiger partial charge in [0.25, 0.3) is 5.56 Å². The van der Waals surface area contributed by atoms with Gasteiger partial charge < -0.3 is 14.8 Å². The van der Waals surface area contributed by atoms with Gasteiger partial charge in [-0.25, -0.2) is 0 Å². The van der Waals surface area contributed by atoms with E-state index >= 15 is 0 Å². The van der Waals surface area contributed by atoms with Gasteiger partial charge in [-0.1, -0.05) is 30.3 Å². The lowest BCUT2D eigenvalue weighted by atomic mass is 10.1. The Labute approximate surface area is 175 Å². The minimum Gasteiger partial charge on any atom is -0.370 e. The van der Waals surface area contributed by atoms with Crippen LogP contribution in [0.4, 0.5) is 5.69 Å². The number of benzene rings is 1. The van der Waals surface area contributed by atoms with E-state index in [0.29, 0.717) is 19.0 Å². The average Bonchev–Trinajstić information content (AvgIpc) is 3.39. The van der Waals surface area contributed by atoms with E-state index in [-0.39, 0.29) is 11.5 Å². The van der Waals surface area contributed by atoms with E-state index in [1.54, 1.807) is 24.6 Å². The molecule has 7 nitrogen and oxygen atoms in total. The Balaban J connectivity index is 1.59. The van der Waals surface area contributed by atoms with E-state index in [4.69, 9.17) is 0 Å². The van der Waals surface area contributed by atoms with Gasteiger partial charge in [0, 0.05) is 63.2 Å². The Bertz CT molecular complexity index is 1090. The van der Waals surface area contributed by atoms with Gasteiger partial charge in [-0.3, -0.25) is 14.3 Å². The molecule has 1 N–H and O–H groups in total. The lowest BCUT2D eigenvalue weighted by molar-refractivity contribution is -0.119. The van der Waals surface area contributed by atoms with Crippen LogP contribution in [0.5, 0.6) is 0 Å². The Morgan fingerprint density at radius 2 is 2.03 bits per heavy atom. The number of nitrogens with zero attached hydrogens (tertiary/aromatic N) is 4. The van der Waals surface area contributed by atoms with E-state index in [9.17, 15) is 9.59 Å². The third kappa shape index (κ3) is 4.45. The normalized spacial score (nSPS) is 16.1. The second-order valence-corrected chi connectivity index (χ2v) is 7.97. The standard InChI is InChI=1S/C23H27N5O2/c1-17(29)24-11-19-8-9-27(13-19)22-10-23(30)26(2)16-21(22)20-12-25-28(15-20)14-18-6-4-3-5-7-18/h3-7,10,12,15-16,19H,8-9,11,13-14H2,1-2H3,(H,24,29)/t19-/m0/s1. The predicted octanol–water partition coefficient (Wildman–Crippen LogP) is 2.26. The maximum atomic E-state index is 12.4. The Kier molecular flexibility index (Phi) is 5.70. The predicted molar refractivity (Wildman–Crippen MR) is 117 cm³/mol. The molecule has 30 heavy (non-hydrogen) atoms. The van der Waals surface area contributed by atoms with Crippen molar-refractivity contribution in [3.8, 4) is 11.1 Å². The summed E-state index contributed by atoms with van der Waals surface area (Å²) in [5.74, 6) is 0.375. The number of aromatic nitrogens is 3. The first-order valence-electron chi connectivity index (χ1n) is 10.3. The molecule has 0 saturated carbocycles. The van der Waals surface area contributed by atoms with E-state index in [1.165, 1.54) is 5.56 Å². The van der Waals surface area contributed by atoms with Crippen LogP contribution in [0.3, 0.4) is 0 Å². The minimum atomic E-state index is -0.0317. The highest BCUT2D eigenvalue weighted by atomic mass is 16.1. The average molecular weight is 406 g/mol. The molecule has 1 saturated heterocycles. The molecule has 3 heterocycles. The van der Waals surface area contributed by atoms with Crippen molar-refractivity contribution in [2.45, 2.75) is 19.9 Å². The van der Waals surface area contributed by atoms with Crippen molar-refractivity contribution in [3.05, 3.63) is 70.9 Å². The van der Waals surface area contributed by atoms with Crippen molar-refractivity contribution in [3.63, 3.8) is 0 Å². The molecule has 7 heteroatoms. The summed E-state index contributed by atoms with van der Waals surface area (Å²) in [7, 11) is 1.77. The van der Waals surface area contributed by atoms with Crippen molar-refractivity contribution in [1.82, 2.24) is 19.7 Å². The largest absolute Gasteiger partial charge is 0.370 e. The molecule has 1 amide bonds. The molecule has 2 aromatic heterocycles. The second kappa shape index (κ2) is 8.57. The topological polar surface area (TPSA) is 72.2 Å². The van der Waals surface area contributed by atoms with Gasteiger partial charge in [0.1, 0.15) is 0 Å². The van der Waals surface area contributed by atoms with Gasteiger partial charge in [-0.2, -0.15) is 5.10 Å². The molecule has 1 aromatic carbocycles. The molecule has 0 unspecified atom stereocenters. The highest BCUT2D eigenvalue weighted by Gasteiger charge is 2.25. The minimum absolute atomic E-state index is 0.00597. The van der Waals surface area contributed by atoms with Gasteiger partial charge in [0.15, 0.2) is 0 Å². The van der Waals surface area contributed by atoms with E-state index in [2.05, 4.69) is 27.4 Å². The summed E-state index contributed by atoms with van der Waals surface area (Å²) in [6.07, 6.45) is 6.77. The SMILES string of the molecule is CC(=O)NC[C@@H]1CCN(c2cc(=O)n(C)cc2-c2cnn(Cc3ccccc3)c2)C1. The highest BCUT2D eigenvalue weighted by molar-refractivity contribution is 5.77. The number of hydrogen-bond acceptors (Lipinski definition) is 4. The molecule has 0 bridgehead atoms. The first kappa shape index (κ1) is 19.9. The number of nitrogens with one attached hydrogen (secondary N) is 1. The molecule has 1 atom stereocenters. The van der Waals surface area contributed by atoms with Crippen LogP contribution in [-0.2, 0) is 18.4 Å². The summed E-state index contributed by atoms with van der Waals surface area (Å²) in [5, 5.41) is 7.44. The molecule has 1 fully saturated rings. The van der Waals surface area contributed by atoms with Crippen LogP contribution < -0.4 is 15.8 Å². The van der Waals surface area contributed by atoms with E-state index < -0.39 is 0 Å². The van der Waals surface area contributed by atoms with Gasteiger partial charge in [-0.05, 0) is 17.9 Å². The fourth-order valence-electron chi connectivity index (χ4n) is 3.97. The number of aryl methyl sites for hydroxylation is 1. The number of pyridine rings is 1. The Morgan fingerprint density at radius 3 is 2.80 bits per heavy atom. The fourth-order valence-corrected chi connectivity index (χ4v) is 3.97. The van der Waals surface area contributed by atoms with E-state index in [0.717, 1.165) is 36.3 Å². The van der Waals surface area contributed by atoms with Crippen LogP contribution in [0.1, 0.15) is 18.9 Å². The van der Waals surface area contributed by atoms with Crippen LogP contribution >= 0.6 is 0 Å². The molecule has 1 aliphatic rings. The van der Waals surface area contributed by atoms with Gasteiger partial charge >= 0.3 is 0 Å². The van der Waals surface area contributed by atoms with Gasteiger partial charge in [0.2, 0.25) is 5.91 Å². The second-order valence-electron chi connectivity index (χ2n) is 7.97. The summed E-state index contributed by atoms with van der Waals surface area (Å²) < 4.78 is 3.53. The first-order chi connectivity index (χ1) is 14.5. The smallest absolute Gasteiger partial charge is 0.252 e. The van der Waals surface area contributed by atoms with Crippen LogP contribution in [-0.4, -0.2) is 39.9 Å².